The average molecular weight is 241 g/mol. The second-order valence-corrected chi connectivity index (χ2v) is 4.31. The number of ether oxygens (including phenoxy) is 1. The topological polar surface area (TPSA) is 71.6 Å². The van der Waals surface area contributed by atoms with Crippen molar-refractivity contribution < 1.29 is 14.4 Å². The maximum atomic E-state index is 8.97. The SMILES string of the molecule is COCCN(CCO)Cc1nc(C2CC2)no1. The van der Waals surface area contributed by atoms with Crippen LogP contribution in [0.5, 0.6) is 0 Å². The van der Waals surface area contributed by atoms with Gasteiger partial charge in [0.1, 0.15) is 0 Å². The molecular formula is C11H19N3O3. The molecule has 0 bridgehead atoms. The number of aromatic nitrogens is 2. The van der Waals surface area contributed by atoms with Crippen LogP contribution in [0.4, 0.5) is 0 Å². The molecule has 1 N–H and O–H groups in total. The van der Waals surface area contributed by atoms with Gasteiger partial charge in [-0.2, -0.15) is 4.98 Å². The van der Waals surface area contributed by atoms with Crippen LogP contribution >= 0.6 is 0 Å². The Morgan fingerprint density at radius 1 is 1.47 bits per heavy atom. The Morgan fingerprint density at radius 2 is 2.29 bits per heavy atom. The fourth-order valence-corrected chi connectivity index (χ4v) is 1.66. The van der Waals surface area contributed by atoms with Crippen molar-refractivity contribution in [2.45, 2.75) is 25.3 Å². The molecule has 0 radical (unpaired) electrons. The summed E-state index contributed by atoms with van der Waals surface area (Å²) in [5.41, 5.74) is 0. The molecule has 0 unspecified atom stereocenters. The molecule has 1 aromatic heterocycles. The van der Waals surface area contributed by atoms with Crippen molar-refractivity contribution in [1.29, 1.82) is 0 Å². The Labute approximate surface area is 101 Å². The summed E-state index contributed by atoms with van der Waals surface area (Å²) in [7, 11) is 1.66. The van der Waals surface area contributed by atoms with Gasteiger partial charge >= 0.3 is 0 Å². The zero-order valence-corrected chi connectivity index (χ0v) is 10.1. The molecule has 0 aliphatic heterocycles. The van der Waals surface area contributed by atoms with Crippen molar-refractivity contribution in [3.05, 3.63) is 11.7 Å². The van der Waals surface area contributed by atoms with Gasteiger partial charge in [-0.25, -0.2) is 0 Å². The lowest BCUT2D eigenvalue weighted by atomic mass is 10.4. The third-order valence-electron chi connectivity index (χ3n) is 2.81. The van der Waals surface area contributed by atoms with Gasteiger partial charge in [0.15, 0.2) is 5.82 Å². The number of hydrogen-bond donors (Lipinski definition) is 1. The average Bonchev–Trinajstić information content (AvgIpc) is 3.08. The summed E-state index contributed by atoms with van der Waals surface area (Å²) in [4.78, 5) is 6.40. The highest BCUT2D eigenvalue weighted by molar-refractivity contribution is 5.03. The minimum atomic E-state index is 0.118. The van der Waals surface area contributed by atoms with Gasteiger partial charge < -0.3 is 14.4 Å². The first-order chi connectivity index (χ1) is 8.33. The molecule has 1 saturated carbocycles. The van der Waals surface area contributed by atoms with Crippen LogP contribution in [0.25, 0.3) is 0 Å². The number of aliphatic hydroxyl groups is 1. The van der Waals surface area contributed by atoms with Crippen molar-refractivity contribution in [3.8, 4) is 0 Å². The molecular weight excluding hydrogens is 222 g/mol. The van der Waals surface area contributed by atoms with E-state index in [-0.39, 0.29) is 6.61 Å². The van der Waals surface area contributed by atoms with E-state index in [2.05, 4.69) is 10.1 Å². The molecule has 6 heteroatoms. The highest BCUT2D eigenvalue weighted by Gasteiger charge is 2.28. The lowest BCUT2D eigenvalue weighted by Crippen LogP contribution is -2.30. The molecule has 1 aliphatic carbocycles. The molecule has 0 atom stereocenters. The van der Waals surface area contributed by atoms with Crippen LogP contribution in [-0.2, 0) is 11.3 Å². The molecule has 6 nitrogen and oxygen atoms in total. The summed E-state index contributed by atoms with van der Waals surface area (Å²) in [6.45, 7) is 2.66. The van der Waals surface area contributed by atoms with Gasteiger partial charge in [0.2, 0.25) is 5.89 Å². The number of aliphatic hydroxyl groups excluding tert-OH is 1. The Morgan fingerprint density at radius 3 is 2.94 bits per heavy atom. The third-order valence-corrected chi connectivity index (χ3v) is 2.81. The van der Waals surface area contributed by atoms with Crippen LogP contribution in [0, 0.1) is 0 Å². The lowest BCUT2D eigenvalue weighted by Gasteiger charge is -2.18. The predicted octanol–water partition coefficient (Wildman–Crippen LogP) is 0.388. The van der Waals surface area contributed by atoms with Gasteiger partial charge in [0.05, 0.1) is 19.8 Å². The van der Waals surface area contributed by atoms with Crippen LogP contribution < -0.4 is 0 Å². The summed E-state index contributed by atoms with van der Waals surface area (Å²) in [6.07, 6.45) is 2.34. The van der Waals surface area contributed by atoms with Crippen molar-refractivity contribution in [2.24, 2.45) is 0 Å². The summed E-state index contributed by atoms with van der Waals surface area (Å²) >= 11 is 0. The molecule has 1 aliphatic rings. The normalized spacial score (nSPS) is 15.7. The van der Waals surface area contributed by atoms with Gasteiger partial charge in [-0.3, -0.25) is 4.90 Å². The van der Waals surface area contributed by atoms with Crippen LogP contribution in [0.3, 0.4) is 0 Å². The van der Waals surface area contributed by atoms with Gasteiger partial charge in [-0.1, -0.05) is 5.16 Å². The Hall–Kier alpha value is -0.980. The van der Waals surface area contributed by atoms with Crippen molar-refractivity contribution >= 4 is 0 Å². The Kier molecular flexibility index (Phi) is 4.47. The standard InChI is InChI=1S/C11H19N3O3/c1-16-7-5-14(4-6-15)8-10-12-11(13-17-10)9-2-3-9/h9,15H,2-8H2,1H3. The maximum Gasteiger partial charge on any atom is 0.240 e. The molecule has 1 heterocycles. The minimum absolute atomic E-state index is 0.118. The number of hydrogen-bond acceptors (Lipinski definition) is 6. The molecule has 17 heavy (non-hydrogen) atoms. The van der Waals surface area contributed by atoms with Gasteiger partial charge in [-0.05, 0) is 12.8 Å². The van der Waals surface area contributed by atoms with Crippen molar-refractivity contribution in [1.82, 2.24) is 15.0 Å². The van der Waals surface area contributed by atoms with E-state index in [9.17, 15) is 0 Å². The second-order valence-electron chi connectivity index (χ2n) is 4.31. The minimum Gasteiger partial charge on any atom is -0.395 e. The van der Waals surface area contributed by atoms with E-state index in [1.165, 1.54) is 12.8 Å². The van der Waals surface area contributed by atoms with Gasteiger partial charge in [0.25, 0.3) is 0 Å². The zero-order valence-electron chi connectivity index (χ0n) is 10.1. The smallest absolute Gasteiger partial charge is 0.240 e. The van der Waals surface area contributed by atoms with Crippen LogP contribution in [0.15, 0.2) is 4.52 Å². The van der Waals surface area contributed by atoms with E-state index in [0.717, 1.165) is 12.4 Å². The van der Waals surface area contributed by atoms with E-state index in [0.29, 0.717) is 31.5 Å². The first-order valence-corrected chi connectivity index (χ1v) is 5.98. The summed E-state index contributed by atoms with van der Waals surface area (Å²) in [5.74, 6) is 1.96. The van der Waals surface area contributed by atoms with E-state index >= 15 is 0 Å². The van der Waals surface area contributed by atoms with Crippen molar-refractivity contribution in [3.63, 3.8) is 0 Å². The van der Waals surface area contributed by atoms with E-state index < -0.39 is 0 Å². The Balaban J connectivity index is 1.85. The third kappa shape index (κ3) is 3.76. The quantitative estimate of drug-likeness (QED) is 0.709. The number of methoxy groups -OCH3 is 1. The van der Waals surface area contributed by atoms with E-state index in [1.54, 1.807) is 7.11 Å². The van der Waals surface area contributed by atoms with Crippen molar-refractivity contribution in [2.75, 3.05) is 33.4 Å². The number of rotatable bonds is 8. The molecule has 96 valence electrons. The lowest BCUT2D eigenvalue weighted by molar-refractivity contribution is 0.118. The molecule has 0 aromatic carbocycles. The van der Waals surface area contributed by atoms with Crippen LogP contribution in [-0.4, -0.2) is 53.6 Å². The summed E-state index contributed by atoms with van der Waals surface area (Å²) in [5, 5.41) is 12.9. The fraction of sp³-hybridized carbons (Fsp3) is 0.818. The molecule has 1 aromatic rings. The highest BCUT2D eigenvalue weighted by Crippen LogP contribution is 2.38. The highest BCUT2D eigenvalue weighted by atomic mass is 16.5. The predicted molar refractivity (Wildman–Crippen MR) is 60.5 cm³/mol. The van der Waals surface area contributed by atoms with E-state index in [1.807, 2.05) is 4.90 Å². The first-order valence-electron chi connectivity index (χ1n) is 5.98. The van der Waals surface area contributed by atoms with Crippen LogP contribution in [0.2, 0.25) is 0 Å². The molecule has 0 spiro atoms. The number of nitrogens with zero attached hydrogens (tertiary/aromatic N) is 3. The van der Waals surface area contributed by atoms with E-state index in [4.69, 9.17) is 14.4 Å². The molecule has 0 amide bonds. The summed E-state index contributed by atoms with van der Waals surface area (Å²) < 4.78 is 10.2. The van der Waals surface area contributed by atoms with Crippen LogP contribution in [0.1, 0.15) is 30.5 Å². The first kappa shape index (κ1) is 12.5. The largest absolute Gasteiger partial charge is 0.395 e. The Bertz CT molecular complexity index is 338. The fourth-order valence-electron chi connectivity index (χ4n) is 1.66. The maximum absolute atomic E-state index is 8.97. The second kappa shape index (κ2) is 6.09. The van der Waals surface area contributed by atoms with Gasteiger partial charge in [-0.15, -0.1) is 0 Å². The molecule has 1 fully saturated rings. The molecule has 0 saturated heterocycles. The monoisotopic (exact) mass is 241 g/mol. The van der Waals surface area contributed by atoms with Gasteiger partial charge in [0, 0.05) is 26.1 Å². The summed E-state index contributed by atoms with van der Waals surface area (Å²) in [6, 6.07) is 0. The molecule has 2 rings (SSSR count). The zero-order chi connectivity index (χ0) is 12.1.